The zero-order chi connectivity index (χ0) is 27.4. The maximum atomic E-state index is 14.9. The Bertz CT molecular complexity index is 1430. The van der Waals surface area contributed by atoms with Crippen molar-refractivity contribution in [3.8, 4) is 0 Å². The summed E-state index contributed by atoms with van der Waals surface area (Å²) in [5.74, 6) is -2.94. The van der Waals surface area contributed by atoms with E-state index in [1.54, 1.807) is 13.0 Å². The second kappa shape index (κ2) is 10.6. The molecular formula is C24H24ClF5N6O3. The Hall–Kier alpha value is -3.52. The smallest absolute Gasteiger partial charge is 0.383 e. The Morgan fingerprint density at radius 1 is 1.15 bits per heavy atom. The van der Waals surface area contributed by atoms with E-state index >= 15 is 0 Å². The molecule has 0 saturated carbocycles. The molecule has 210 valence electrons. The summed E-state index contributed by atoms with van der Waals surface area (Å²) in [5, 5.41) is 4.35. The number of nitrogens with zero attached hydrogens (tertiary/aromatic N) is 5. The van der Waals surface area contributed by atoms with Crippen LogP contribution in [0.2, 0.25) is 0 Å². The standard InChI is InChI=1S/C24H23F5N6O3.ClH/c1-12-15(2-3-31-22(12)30)23(37)34-8-13(9-34)21-20-16(26)6-14(25)7-17(20)35(32-21)11-19(36)33-4-5-38-18(10-33)24(27,28)29;/h2-3,6-7,13,18H,4-5,8-11H2,1H3,(H2,30,31);1H/t18-;/m0./s1. The first-order chi connectivity index (χ1) is 17.9. The van der Waals surface area contributed by atoms with Crippen LogP contribution in [-0.4, -0.2) is 81.4 Å². The zero-order valence-corrected chi connectivity index (χ0v) is 21.4. The second-order valence-corrected chi connectivity index (χ2v) is 9.34. The molecule has 39 heavy (non-hydrogen) atoms. The quantitative estimate of drug-likeness (QED) is 0.480. The molecule has 0 bridgehead atoms. The van der Waals surface area contributed by atoms with Crippen LogP contribution in [0.4, 0.5) is 27.8 Å². The van der Waals surface area contributed by atoms with Crippen LogP contribution in [0.15, 0.2) is 24.4 Å². The van der Waals surface area contributed by atoms with Gasteiger partial charge >= 0.3 is 6.18 Å². The van der Waals surface area contributed by atoms with Crippen molar-refractivity contribution in [2.24, 2.45) is 0 Å². The lowest BCUT2D eigenvalue weighted by molar-refractivity contribution is -0.236. The number of nitrogens with two attached hydrogens (primary N) is 1. The van der Waals surface area contributed by atoms with Crippen LogP contribution in [0.5, 0.6) is 0 Å². The minimum atomic E-state index is -4.63. The van der Waals surface area contributed by atoms with Crippen LogP contribution >= 0.6 is 12.4 Å². The highest BCUT2D eigenvalue weighted by Crippen LogP contribution is 2.35. The SMILES string of the molecule is Cc1c(C(=O)N2CC(c3nn(CC(=O)N4CCO[C@H](C(F)(F)F)C4)c4cc(F)cc(F)c34)C2)ccnc1N.Cl. The fraction of sp³-hybridized carbons (Fsp3) is 0.417. The van der Waals surface area contributed by atoms with Crippen LogP contribution in [0, 0.1) is 18.6 Å². The van der Waals surface area contributed by atoms with Gasteiger partial charge in [0.15, 0.2) is 6.10 Å². The fourth-order valence-electron chi connectivity index (χ4n) is 4.73. The van der Waals surface area contributed by atoms with Gasteiger partial charge in [-0.15, -0.1) is 12.4 Å². The molecule has 1 aromatic carbocycles. The van der Waals surface area contributed by atoms with Gasteiger partial charge in [0.1, 0.15) is 24.0 Å². The number of ether oxygens (including phenoxy) is 1. The Labute approximate surface area is 225 Å². The van der Waals surface area contributed by atoms with Crippen LogP contribution in [0.1, 0.15) is 27.5 Å². The number of rotatable bonds is 4. The van der Waals surface area contributed by atoms with E-state index in [9.17, 15) is 31.5 Å². The minimum absolute atomic E-state index is 0. The molecule has 0 unspecified atom stereocenters. The van der Waals surface area contributed by atoms with Crippen molar-refractivity contribution in [2.45, 2.75) is 31.7 Å². The van der Waals surface area contributed by atoms with Gasteiger partial charge in [0, 0.05) is 55.0 Å². The van der Waals surface area contributed by atoms with E-state index in [1.165, 1.54) is 11.1 Å². The fourth-order valence-corrected chi connectivity index (χ4v) is 4.73. The molecule has 2 amide bonds. The van der Waals surface area contributed by atoms with Crippen LogP contribution in [0.25, 0.3) is 10.9 Å². The summed E-state index contributed by atoms with van der Waals surface area (Å²) in [5.41, 5.74) is 6.93. The van der Waals surface area contributed by atoms with Gasteiger partial charge < -0.3 is 20.3 Å². The number of nitrogen functional groups attached to an aromatic ring is 1. The number of morpholine rings is 1. The van der Waals surface area contributed by atoms with Gasteiger partial charge in [-0.05, 0) is 13.0 Å². The van der Waals surface area contributed by atoms with E-state index < -0.39 is 48.8 Å². The summed E-state index contributed by atoms with van der Waals surface area (Å²) in [7, 11) is 0. The zero-order valence-electron chi connectivity index (χ0n) is 20.5. The first-order valence-electron chi connectivity index (χ1n) is 11.8. The maximum absolute atomic E-state index is 14.9. The lowest BCUT2D eigenvalue weighted by Gasteiger charge is -2.39. The number of halogens is 6. The van der Waals surface area contributed by atoms with Crippen LogP contribution in [-0.2, 0) is 16.1 Å². The third-order valence-electron chi connectivity index (χ3n) is 6.90. The van der Waals surface area contributed by atoms with Gasteiger partial charge in [0.25, 0.3) is 5.91 Å². The van der Waals surface area contributed by atoms with Gasteiger partial charge in [-0.3, -0.25) is 14.3 Å². The largest absolute Gasteiger partial charge is 0.416 e. The van der Waals surface area contributed by atoms with E-state index in [0.717, 1.165) is 15.6 Å². The van der Waals surface area contributed by atoms with Crippen molar-refractivity contribution in [3.05, 3.63) is 52.9 Å². The molecule has 15 heteroatoms. The molecule has 0 spiro atoms. The number of hydrogen-bond donors (Lipinski definition) is 1. The van der Waals surface area contributed by atoms with Crippen molar-refractivity contribution < 1.29 is 36.3 Å². The van der Waals surface area contributed by atoms with Gasteiger partial charge in [-0.2, -0.15) is 18.3 Å². The molecule has 1 atom stereocenters. The molecular weight excluding hydrogens is 551 g/mol. The first-order valence-corrected chi connectivity index (χ1v) is 11.8. The van der Waals surface area contributed by atoms with Gasteiger partial charge in [-0.25, -0.2) is 13.8 Å². The number of pyridine rings is 1. The summed E-state index contributed by atoms with van der Waals surface area (Å²) < 4.78 is 74.0. The van der Waals surface area contributed by atoms with E-state index in [2.05, 4.69) is 10.1 Å². The molecule has 9 nitrogen and oxygen atoms in total. The van der Waals surface area contributed by atoms with Crippen molar-refractivity contribution in [3.63, 3.8) is 0 Å². The molecule has 2 fully saturated rings. The number of fused-ring (bicyclic) bond motifs is 1. The Kier molecular flexibility index (Phi) is 7.72. The minimum Gasteiger partial charge on any atom is -0.383 e. The number of amides is 2. The topological polar surface area (TPSA) is 107 Å². The average molecular weight is 575 g/mol. The number of benzene rings is 1. The summed E-state index contributed by atoms with van der Waals surface area (Å²) in [6.07, 6.45) is -5.32. The number of hydrogen-bond acceptors (Lipinski definition) is 6. The number of aromatic nitrogens is 3. The summed E-state index contributed by atoms with van der Waals surface area (Å²) in [4.78, 5) is 32.3. The van der Waals surface area contributed by atoms with Gasteiger partial charge in [-0.1, -0.05) is 0 Å². The monoisotopic (exact) mass is 574 g/mol. The molecule has 5 rings (SSSR count). The summed E-state index contributed by atoms with van der Waals surface area (Å²) in [6, 6.07) is 3.26. The van der Waals surface area contributed by atoms with E-state index in [-0.39, 0.29) is 67.0 Å². The molecule has 2 saturated heterocycles. The highest BCUT2D eigenvalue weighted by molar-refractivity contribution is 5.97. The average Bonchev–Trinajstić information content (AvgIpc) is 3.17. The number of likely N-dealkylation sites (tertiary alicyclic amines) is 1. The Morgan fingerprint density at radius 2 is 1.87 bits per heavy atom. The predicted octanol–water partition coefficient (Wildman–Crippen LogP) is 3.05. The summed E-state index contributed by atoms with van der Waals surface area (Å²) >= 11 is 0. The van der Waals surface area contributed by atoms with Gasteiger partial charge in [0.2, 0.25) is 5.91 Å². The normalized spacial score (nSPS) is 18.2. The van der Waals surface area contributed by atoms with Crippen molar-refractivity contribution in [2.75, 3.05) is 38.5 Å². The number of carbonyl (C=O) groups is 2. The van der Waals surface area contributed by atoms with E-state index in [1.807, 2.05) is 0 Å². The molecule has 3 aromatic rings. The molecule has 2 N–H and O–H groups in total. The number of anilines is 1. The Morgan fingerprint density at radius 3 is 2.56 bits per heavy atom. The van der Waals surface area contributed by atoms with Crippen molar-refractivity contribution in [1.29, 1.82) is 0 Å². The lowest BCUT2D eigenvalue weighted by atomic mass is 9.92. The van der Waals surface area contributed by atoms with E-state index in [0.29, 0.717) is 17.2 Å². The molecule has 0 radical (unpaired) electrons. The van der Waals surface area contributed by atoms with E-state index in [4.69, 9.17) is 10.5 Å². The predicted molar refractivity (Wildman–Crippen MR) is 131 cm³/mol. The third-order valence-corrected chi connectivity index (χ3v) is 6.90. The Balaban J connectivity index is 0.00000353. The highest BCUT2D eigenvalue weighted by atomic mass is 35.5. The molecule has 0 aliphatic carbocycles. The molecule has 2 aromatic heterocycles. The van der Waals surface area contributed by atoms with Crippen molar-refractivity contribution >= 4 is 40.9 Å². The second-order valence-electron chi connectivity index (χ2n) is 9.34. The highest BCUT2D eigenvalue weighted by Gasteiger charge is 2.44. The number of carbonyl (C=O) groups excluding carboxylic acids is 2. The maximum Gasteiger partial charge on any atom is 0.416 e. The summed E-state index contributed by atoms with van der Waals surface area (Å²) in [6.45, 7) is 0.499. The molecule has 2 aliphatic rings. The molecule has 2 aliphatic heterocycles. The first kappa shape index (κ1) is 28.5. The van der Waals surface area contributed by atoms with Gasteiger partial charge in [0.05, 0.1) is 29.7 Å². The molecule has 4 heterocycles. The van der Waals surface area contributed by atoms with Crippen molar-refractivity contribution in [1.82, 2.24) is 24.6 Å². The third kappa shape index (κ3) is 5.35. The lowest BCUT2D eigenvalue weighted by Crippen LogP contribution is -2.51. The van der Waals surface area contributed by atoms with Crippen LogP contribution < -0.4 is 5.73 Å². The van der Waals surface area contributed by atoms with Crippen LogP contribution in [0.3, 0.4) is 0 Å². The number of alkyl halides is 3.